The van der Waals surface area contributed by atoms with Crippen LogP contribution in [0.15, 0.2) is 47.7 Å². The van der Waals surface area contributed by atoms with Crippen LogP contribution >= 0.6 is 0 Å². The molecule has 1 rings (SSSR count). The maximum Gasteiger partial charge on any atom is 0.342 e. The van der Waals surface area contributed by atoms with Crippen molar-refractivity contribution in [2.45, 2.75) is 59.0 Å². The summed E-state index contributed by atoms with van der Waals surface area (Å²) in [5, 5.41) is 0. The predicted octanol–water partition coefficient (Wildman–Crippen LogP) is 5.19. The Hall–Kier alpha value is -1.79. The van der Waals surface area contributed by atoms with Gasteiger partial charge in [0.1, 0.15) is 6.61 Å². The number of hydrogen-bond acceptors (Lipinski definition) is 2. The molecule has 0 aromatic heterocycles. The summed E-state index contributed by atoms with van der Waals surface area (Å²) in [6.07, 6.45) is 8.45. The monoisotopic (exact) mass is 286 g/mol. The number of hydrogen-bond donors (Lipinski definition) is 0. The van der Waals surface area contributed by atoms with E-state index in [1.807, 2.05) is 37.3 Å². The second-order valence-electron chi connectivity index (χ2n) is 5.14. The molecule has 0 atom stereocenters. The van der Waals surface area contributed by atoms with Crippen LogP contribution < -0.4 is 0 Å². The van der Waals surface area contributed by atoms with Crippen molar-refractivity contribution in [3.8, 4) is 0 Å². The number of carbonyl (C=O) groups is 1. The van der Waals surface area contributed by atoms with Gasteiger partial charge in [-0.15, -0.1) is 5.73 Å². The van der Waals surface area contributed by atoms with Crippen LogP contribution in [0.5, 0.6) is 0 Å². The average Bonchev–Trinajstić information content (AvgIpc) is 2.52. The standard InChI is InChI=1S/C19H26O2/c1-3-5-6-7-11-15-18(12-4-2)19(20)21-16-17-13-9-8-10-14-17/h4,8-10,13-14H,3,5-7,11,15-16H2,1-2H3. The molecule has 0 amide bonds. The summed E-state index contributed by atoms with van der Waals surface area (Å²) in [6, 6.07) is 9.75. The molecular formula is C19H26O2. The molecule has 0 radical (unpaired) electrons. The Kier molecular flexibility index (Phi) is 8.99. The summed E-state index contributed by atoms with van der Waals surface area (Å²) >= 11 is 0. The van der Waals surface area contributed by atoms with Gasteiger partial charge in [-0.1, -0.05) is 62.9 Å². The predicted molar refractivity (Wildman–Crippen MR) is 86.9 cm³/mol. The van der Waals surface area contributed by atoms with E-state index in [0.717, 1.165) is 24.8 Å². The molecule has 0 aliphatic carbocycles. The molecule has 0 unspecified atom stereocenters. The molecule has 0 heterocycles. The van der Waals surface area contributed by atoms with Crippen LogP contribution in [0.2, 0.25) is 0 Å². The molecule has 0 saturated heterocycles. The minimum atomic E-state index is -0.243. The van der Waals surface area contributed by atoms with Gasteiger partial charge in [0.25, 0.3) is 0 Å². The van der Waals surface area contributed by atoms with Gasteiger partial charge in [-0.2, -0.15) is 0 Å². The van der Waals surface area contributed by atoms with E-state index < -0.39 is 0 Å². The molecule has 0 fully saturated rings. The highest BCUT2D eigenvalue weighted by Crippen LogP contribution is 2.13. The molecule has 1 aromatic rings. The first-order chi connectivity index (χ1) is 10.3. The fourth-order valence-electron chi connectivity index (χ4n) is 2.12. The van der Waals surface area contributed by atoms with E-state index in [4.69, 9.17) is 4.74 Å². The second kappa shape index (κ2) is 10.9. The van der Waals surface area contributed by atoms with Crippen LogP contribution in [-0.4, -0.2) is 5.97 Å². The maximum absolute atomic E-state index is 12.1. The van der Waals surface area contributed by atoms with Gasteiger partial charge in [-0.3, -0.25) is 0 Å². The minimum Gasteiger partial charge on any atom is -0.457 e. The molecule has 0 aliphatic rings. The normalized spacial score (nSPS) is 9.81. The van der Waals surface area contributed by atoms with Crippen molar-refractivity contribution in [2.24, 2.45) is 0 Å². The summed E-state index contributed by atoms with van der Waals surface area (Å²) in [6.45, 7) is 4.40. The zero-order chi connectivity index (χ0) is 15.3. The highest BCUT2D eigenvalue weighted by molar-refractivity contribution is 5.88. The summed E-state index contributed by atoms with van der Waals surface area (Å²) in [7, 11) is 0. The molecule has 0 saturated carbocycles. The molecular weight excluding hydrogens is 260 g/mol. The molecule has 2 nitrogen and oxygen atoms in total. The van der Waals surface area contributed by atoms with Gasteiger partial charge in [0.05, 0.1) is 5.57 Å². The number of esters is 1. The number of benzene rings is 1. The van der Waals surface area contributed by atoms with Crippen LogP contribution in [0.4, 0.5) is 0 Å². The summed E-state index contributed by atoms with van der Waals surface area (Å²) in [4.78, 5) is 12.1. The van der Waals surface area contributed by atoms with E-state index in [-0.39, 0.29) is 5.97 Å². The lowest BCUT2D eigenvalue weighted by atomic mass is 10.1. The third kappa shape index (κ3) is 7.53. The zero-order valence-corrected chi connectivity index (χ0v) is 13.2. The lowest BCUT2D eigenvalue weighted by Crippen LogP contribution is -2.07. The SMILES string of the molecule is CC=C=C(CCCCCCC)C(=O)OCc1ccccc1. The van der Waals surface area contributed by atoms with E-state index in [2.05, 4.69) is 12.7 Å². The Morgan fingerprint density at radius 1 is 1.14 bits per heavy atom. The van der Waals surface area contributed by atoms with E-state index in [1.165, 1.54) is 19.3 Å². The van der Waals surface area contributed by atoms with Crippen molar-refractivity contribution in [3.05, 3.63) is 53.3 Å². The van der Waals surface area contributed by atoms with Crippen molar-refractivity contribution in [1.82, 2.24) is 0 Å². The highest BCUT2D eigenvalue weighted by Gasteiger charge is 2.10. The Labute approximate surface area is 128 Å². The van der Waals surface area contributed by atoms with Crippen LogP contribution in [0.3, 0.4) is 0 Å². The van der Waals surface area contributed by atoms with Gasteiger partial charge in [0.15, 0.2) is 0 Å². The Morgan fingerprint density at radius 3 is 2.52 bits per heavy atom. The van der Waals surface area contributed by atoms with Gasteiger partial charge in [0, 0.05) is 0 Å². The Morgan fingerprint density at radius 2 is 1.86 bits per heavy atom. The van der Waals surface area contributed by atoms with Gasteiger partial charge in [-0.25, -0.2) is 4.79 Å². The topological polar surface area (TPSA) is 26.3 Å². The number of carbonyl (C=O) groups excluding carboxylic acids is 1. The average molecular weight is 286 g/mol. The lowest BCUT2D eigenvalue weighted by molar-refractivity contribution is -0.140. The third-order valence-corrected chi connectivity index (χ3v) is 3.31. The quantitative estimate of drug-likeness (QED) is 0.270. The third-order valence-electron chi connectivity index (χ3n) is 3.31. The summed E-state index contributed by atoms with van der Waals surface area (Å²) in [5.41, 5.74) is 4.69. The second-order valence-corrected chi connectivity index (χ2v) is 5.14. The summed E-state index contributed by atoms with van der Waals surface area (Å²) < 4.78 is 5.36. The number of rotatable bonds is 9. The first-order valence-corrected chi connectivity index (χ1v) is 7.89. The first kappa shape index (κ1) is 17.3. The van der Waals surface area contributed by atoms with E-state index in [1.54, 1.807) is 6.08 Å². The molecule has 0 spiro atoms. The maximum atomic E-state index is 12.1. The number of ether oxygens (including phenoxy) is 1. The zero-order valence-electron chi connectivity index (χ0n) is 13.2. The van der Waals surface area contributed by atoms with E-state index in [0.29, 0.717) is 12.2 Å². The lowest BCUT2D eigenvalue weighted by Gasteiger charge is -2.07. The van der Waals surface area contributed by atoms with Gasteiger partial charge < -0.3 is 4.74 Å². The van der Waals surface area contributed by atoms with E-state index >= 15 is 0 Å². The van der Waals surface area contributed by atoms with Crippen molar-refractivity contribution in [2.75, 3.05) is 0 Å². The fraction of sp³-hybridized carbons (Fsp3) is 0.474. The minimum absolute atomic E-state index is 0.243. The molecule has 2 heteroatoms. The van der Waals surface area contributed by atoms with Gasteiger partial charge >= 0.3 is 5.97 Å². The van der Waals surface area contributed by atoms with Crippen molar-refractivity contribution in [3.63, 3.8) is 0 Å². The van der Waals surface area contributed by atoms with Crippen LogP contribution in [0, 0.1) is 0 Å². The fourth-order valence-corrected chi connectivity index (χ4v) is 2.12. The highest BCUT2D eigenvalue weighted by atomic mass is 16.5. The van der Waals surface area contributed by atoms with Crippen molar-refractivity contribution < 1.29 is 9.53 Å². The molecule has 1 aromatic carbocycles. The van der Waals surface area contributed by atoms with Crippen LogP contribution in [0.1, 0.15) is 57.9 Å². The Balaban J connectivity index is 2.41. The van der Waals surface area contributed by atoms with Crippen molar-refractivity contribution >= 4 is 5.97 Å². The van der Waals surface area contributed by atoms with Crippen LogP contribution in [0.25, 0.3) is 0 Å². The van der Waals surface area contributed by atoms with E-state index in [9.17, 15) is 4.79 Å². The molecule has 21 heavy (non-hydrogen) atoms. The molecule has 0 aliphatic heterocycles. The molecule has 0 N–H and O–H groups in total. The van der Waals surface area contributed by atoms with Crippen LogP contribution in [-0.2, 0) is 16.1 Å². The Bertz CT molecular complexity index is 468. The molecule has 114 valence electrons. The smallest absolute Gasteiger partial charge is 0.342 e. The molecule has 0 bridgehead atoms. The largest absolute Gasteiger partial charge is 0.457 e. The van der Waals surface area contributed by atoms with Crippen molar-refractivity contribution in [1.29, 1.82) is 0 Å². The first-order valence-electron chi connectivity index (χ1n) is 7.89. The summed E-state index contributed by atoms with van der Waals surface area (Å²) in [5.74, 6) is -0.243. The number of unbranched alkanes of at least 4 members (excludes halogenated alkanes) is 4. The van der Waals surface area contributed by atoms with Gasteiger partial charge in [-0.05, 0) is 31.4 Å². The van der Waals surface area contributed by atoms with Gasteiger partial charge in [0.2, 0.25) is 0 Å².